The van der Waals surface area contributed by atoms with Crippen molar-refractivity contribution < 1.29 is 17.5 Å². The molecule has 1 N–H and O–H groups in total. The quantitative estimate of drug-likeness (QED) is 0.544. The fourth-order valence-corrected chi connectivity index (χ4v) is 3.47. The number of amides is 1. The van der Waals surface area contributed by atoms with Crippen LogP contribution >= 0.6 is 0 Å². The molecule has 0 spiro atoms. The summed E-state index contributed by atoms with van der Waals surface area (Å²) in [5.74, 6) is -0.528. The zero-order chi connectivity index (χ0) is 17.8. The van der Waals surface area contributed by atoms with E-state index in [9.17, 15) is 13.2 Å². The van der Waals surface area contributed by atoms with E-state index in [1.165, 1.54) is 0 Å². The van der Waals surface area contributed by atoms with Crippen molar-refractivity contribution in [3.05, 3.63) is 0 Å². The van der Waals surface area contributed by atoms with Gasteiger partial charge in [0.05, 0.1) is 0 Å². The Labute approximate surface area is 135 Å². The Morgan fingerprint density at radius 3 is 2.09 bits per heavy atom. The van der Waals surface area contributed by atoms with Gasteiger partial charge in [0.1, 0.15) is 0 Å². The van der Waals surface area contributed by atoms with Crippen molar-refractivity contribution in [3.8, 4) is 0 Å². The molecule has 0 fully saturated rings. The van der Waals surface area contributed by atoms with Gasteiger partial charge in [0.15, 0.2) is 0 Å². The summed E-state index contributed by atoms with van der Waals surface area (Å²) < 4.78 is 27.6. The average molecular weight is 332 g/mol. The fraction of sp³-hybridized carbons (Fsp3) is 0.929. The number of nitrogens with zero attached hydrogens (tertiary/aromatic N) is 1. The van der Waals surface area contributed by atoms with Crippen LogP contribution in [0.1, 0.15) is 54.9 Å². The van der Waals surface area contributed by atoms with E-state index in [0.717, 1.165) is 6.42 Å². The normalized spacial score (nSPS) is 14.5. The molecule has 22 heavy (non-hydrogen) atoms. The number of carbonyl (C=O) groups is 1. The summed E-state index contributed by atoms with van der Waals surface area (Å²) in [7, 11) is -0.870. The topological polar surface area (TPSA) is 84.8 Å². The van der Waals surface area contributed by atoms with Crippen LogP contribution in [0.15, 0.2) is 5.06 Å². The first-order chi connectivity index (χ1) is 9.69. The van der Waals surface area contributed by atoms with Crippen molar-refractivity contribution in [2.24, 2.45) is 22.3 Å². The van der Waals surface area contributed by atoms with E-state index in [0.29, 0.717) is 0 Å². The monoisotopic (exact) mass is 332 g/mol. The zero-order valence-corrected chi connectivity index (χ0v) is 15.6. The van der Waals surface area contributed by atoms with E-state index in [1.807, 2.05) is 13.8 Å². The summed E-state index contributed by atoms with van der Waals surface area (Å²) in [5, 5.41) is 5.75. The number of hydrogen-bond acceptors (Lipinski definition) is 5. The summed E-state index contributed by atoms with van der Waals surface area (Å²) >= 11 is 0. The molecular weight excluding hydrogens is 303 g/mol. The first-order valence-electron chi connectivity index (χ1n) is 7.38. The second kappa shape index (κ2) is 7.57. The van der Waals surface area contributed by atoms with E-state index in [2.05, 4.69) is 43.1 Å². The summed E-state index contributed by atoms with van der Waals surface area (Å²) in [4.78, 5) is 12.5. The molecule has 1 amide bonds. The molecule has 0 aromatic carbocycles. The Hall–Kier alpha value is -0.915. The Kier molecular flexibility index (Phi) is 7.26. The molecule has 0 aliphatic heterocycles. The molecule has 0 heterocycles. The SMILES string of the molecule is B=NOS(=O)(=O)CC(C)(C)NC(=O)C(CC(C)(C)C)C(C)C. The Morgan fingerprint density at radius 2 is 1.73 bits per heavy atom. The number of hydrogen-bond donors (Lipinski definition) is 1. The van der Waals surface area contributed by atoms with Crippen LogP contribution in [0.4, 0.5) is 0 Å². The Bertz CT molecular complexity index is 495. The van der Waals surface area contributed by atoms with Crippen molar-refractivity contribution in [2.45, 2.75) is 60.4 Å². The molecule has 1 atom stereocenters. The molecular formula is C14H29BN2O4S. The minimum atomic E-state index is -3.86. The Morgan fingerprint density at radius 1 is 1.23 bits per heavy atom. The third-order valence-corrected chi connectivity index (χ3v) is 4.55. The number of nitrogens with one attached hydrogen (secondary N) is 1. The fourth-order valence-electron chi connectivity index (χ4n) is 2.30. The second-order valence-electron chi connectivity index (χ2n) is 7.89. The molecule has 0 saturated carbocycles. The van der Waals surface area contributed by atoms with Gasteiger partial charge in [0.25, 0.3) is 0 Å². The molecule has 1 unspecified atom stereocenters. The number of rotatable bonds is 8. The maximum atomic E-state index is 12.5. The van der Waals surface area contributed by atoms with E-state index in [4.69, 9.17) is 0 Å². The molecule has 0 radical (unpaired) electrons. The molecule has 0 aliphatic carbocycles. The van der Waals surface area contributed by atoms with Gasteiger partial charge in [-0.15, -0.1) is 0 Å². The molecule has 0 bridgehead atoms. The average Bonchev–Trinajstić information content (AvgIpc) is 2.21. The van der Waals surface area contributed by atoms with Crippen molar-refractivity contribution >= 4 is 23.7 Å². The van der Waals surface area contributed by atoms with Crippen LogP contribution < -0.4 is 5.32 Å². The van der Waals surface area contributed by atoms with E-state index >= 15 is 0 Å². The van der Waals surface area contributed by atoms with Crippen LogP contribution in [0, 0.1) is 17.3 Å². The van der Waals surface area contributed by atoms with Crippen molar-refractivity contribution in [2.75, 3.05) is 5.75 Å². The van der Waals surface area contributed by atoms with Gasteiger partial charge in [-0.05, 0) is 0 Å². The van der Waals surface area contributed by atoms with Crippen LogP contribution in [-0.4, -0.2) is 33.3 Å². The van der Waals surface area contributed by atoms with Gasteiger partial charge >= 0.3 is 135 Å². The molecule has 6 nitrogen and oxygen atoms in total. The summed E-state index contributed by atoms with van der Waals surface area (Å²) in [6.45, 7) is 13.5. The van der Waals surface area contributed by atoms with Crippen LogP contribution in [0.3, 0.4) is 0 Å². The minimum absolute atomic E-state index is 0.0123. The molecule has 0 aromatic heterocycles. The van der Waals surface area contributed by atoms with Gasteiger partial charge in [-0.2, -0.15) is 0 Å². The van der Waals surface area contributed by atoms with Crippen LogP contribution in [0.25, 0.3) is 0 Å². The van der Waals surface area contributed by atoms with E-state index < -0.39 is 15.7 Å². The predicted molar refractivity (Wildman–Crippen MR) is 89.1 cm³/mol. The molecule has 0 aliphatic rings. The van der Waals surface area contributed by atoms with Crippen molar-refractivity contribution in [3.63, 3.8) is 0 Å². The van der Waals surface area contributed by atoms with Gasteiger partial charge < -0.3 is 0 Å². The van der Waals surface area contributed by atoms with Gasteiger partial charge in [0.2, 0.25) is 0 Å². The summed E-state index contributed by atoms with van der Waals surface area (Å²) in [6.07, 6.45) is 0.726. The van der Waals surface area contributed by atoms with Crippen molar-refractivity contribution in [1.82, 2.24) is 5.32 Å². The van der Waals surface area contributed by atoms with E-state index in [-0.39, 0.29) is 28.9 Å². The van der Waals surface area contributed by atoms with Gasteiger partial charge in [0, 0.05) is 0 Å². The van der Waals surface area contributed by atoms with Crippen LogP contribution in [0.5, 0.6) is 0 Å². The van der Waals surface area contributed by atoms with Gasteiger partial charge in [-0.3, -0.25) is 0 Å². The van der Waals surface area contributed by atoms with Gasteiger partial charge in [-0.25, -0.2) is 0 Å². The van der Waals surface area contributed by atoms with E-state index in [1.54, 1.807) is 13.8 Å². The molecule has 8 heteroatoms. The molecule has 0 saturated heterocycles. The number of carbonyl (C=O) groups excluding carboxylic acids is 1. The zero-order valence-electron chi connectivity index (χ0n) is 14.8. The van der Waals surface area contributed by atoms with Crippen molar-refractivity contribution in [1.29, 1.82) is 0 Å². The second-order valence-corrected chi connectivity index (χ2v) is 9.45. The first-order valence-corrected chi connectivity index (χ1v) is 8.96. The van der Waals surface area contributed by atoms with Gasteiger partial charge in [-0.1, -0.05) is 0 Å². The molecule has 0 aromatic rings. The maximum absolute atomic E-state index is 12.5. The molecule has 128 valence electrons. The third kappa shape index (κ3) is 8.51. The standard InChI is InChI=1S/C14H29BN2O4S/c1-10(2)11(8-13(3,4)5)12(18)16-14(6,7)9-22(19,20)21-17-15/h10-11,15H,8-9H2,1-7H3,(H,16,18). The Balaban J connectivity index is 5.01. The summed E-state index contributed by atoms with van der Waals surface area (Å²) in [6, 6.07) is 0. The predicted octanol–water partition coefficient (Wildman–Crippen LogP) is 1.94. The van der Waals surface area contributed by atoms with Crippen LogP contribution in [0.2, 0.25) is 0 Å². The first kappa shape index (κ1) is 21.1. The third-order valence-electron chi connectivity index (χ3n) is 3.14. The summed E-state index contributed by atoms with van der Waals surface area (Å²) in [5.41, 5.74) is -0.940. The molecule has 0 rings (SSSR count). The van der Waals surface area contributed by atoms with Crippen LogP contribution in [-0.2, 0) is 19.2 Å².